The molecular formula is C14H18N4O. The van der Waals surface area contributed by atoms with Crippen LogP contribution >= 0.6 is 0 Å². The lowest BCUT2D eigenvalue weighted by atomic mass is 9.97. The number of hydrazine groups is 1. The van der Waals surface area contributed by atoms with Crippen LogP contribution in [-0.2, 0) is 0 Å². The highest BCUT2D eigenvalue weighted by Gasteiger charge is 2.21. The van der Waals surface area contributed by atoms with Crippen molar-refractivity contribution in [2.75, 3.05) is 7.11 Å². The minimum absolute atomic E-state index is 0.247. The third kappa shape index (κ3) is 2.72. The molecule has 1 aromatic carbocycles. The number of ether oxygens (including phenoxy) is 1. The summed E-state index contributed by atoms with van der Waals surface area (Å²) in [5.41, 5.74) is 6.86. The van der Waals surface area contributed by atoms with E-state index in [1.807, 2.05) is 13.8 Å². The third-order valence-electron chi connectivity index (χ3n) is 3.07. The first-order chi connectivity index (χ1) is 9.17. The molecule has 0 aliphatic rings. The van der Waals surface area contributed by atoms with Gasteiger partial charge < -0.3 is 4.74 Å². The molecule has 19 heavy (non-hydrogen) atoms. The lowest BCUT2D eigenvalue weighted by Crippen LogP contribution is -2.30. The van der Waals surface area contributed by atoms with E-state index in [0.29, 0.717) is 11.6 Å². The van der Waals surface area contributed by atoms with Crippen molar-refractivity contribution in [1.29, 1.82) is 0 Å². The van der Waals surface area contributed by atoms with E-state index in [2.05, 4.69) is 33.6 Å². The Bertz CT molecular complexity index is 571. The number of nitrogens with one attached hydrogen (secondary N) is 1. The van der Waals surface area contributed by atoms with E-state index < -0.39 is 0 Å². The van der Waals surface area contributed by atoms with Crippen LogP contribution in [0.15, 0.2) is 30.6 Å². The second-order valence-corrected chi connectivity index (χ2v) is 4.41. The number of rotatable bonds is 4. The highest BCUT2D eigenvalue weighted by molar-refractivity contribution is 5.39. The number of hydrogen-bond donors (Lipinski definition) is 2. The van der Waals surface area contributed by atoms with Crippen LogP contribution < -0.4 is 16.0 Å². The number of methoxy groups -OCH3 is 1. The summed E-state index contributed by atoms with van der Waals surface area (Å²) in [7, 11) is 1.57. The summed E-state index contributed by atoms with van der Waals surface area (Å²) in [6.45, 7) is 4.09. The van der Waals surface area contributed by atoms with Gasteiger partial charge in [-0.15, -0.1) is 0 Å². The molecule has 5 nitrogen and oxygen atoms in total. The fourth-order valence-electron chi connectivity index (χ4n) is 2.08. The molecule has 100 valence electrons. The predicted molar refractivity (Wildman–Crippen MR) is 73.7 cm³/mol. The summed E-state index contributed by atoms with van der Waals surface area (Å²) >= 11 is 0. The predicted octanol–water partition coefficient (Wildman–Crippen LogP) is 1.65. The first-order valence-corrected chi connectivity index (χ1v) is 6.05. The first kappa shape index (κ1) is 13.5. The maximum Gasteiger partial charge on any atom is 0.237 e. The number of benzene rings is 1. The molecular weight excluding hydrogens is 240 g/mol. The number of aryl methyl sites for hydroxylation is 2. The minimum atomic E-state index is -0.247. The summed E-state index contributed by atoms with van der Waals surface area (Å²) < 4.78 is 5.25. The van der Waals surface area contributed by atoms with Crippen molar-refractivity contribution in [3.8, 4) is 5.88 Å². The molecule has 1 aromatic heterocycles. The zero-order valence-corrected chi connectivity index (χ0v) is 11.3. The highest BCUT2D eigenvalue weighted by atomic mass is 16.5. The molecule has 0 spiro atoms. The van der Waals surface area contributed by atoms with Crippen LogP contribution in [0.5, 0.6) is 5.88 Å². The van der Waals surface area contributed by atoms with Crippen LogP contribution in [0.4, 0.5) is 0 Å². The Labute approximate surface area is 112 Å². The van der Waals surface area contributed by atoms with Gasteiger partial charge in [0, 0.05) is 12.4 Å². The van der Waals surface area contributed by atoms with Gasteiger partial charge in [-0.3, -0.25) is 10.8 Å². The second-order valence-electron chi connectivity index (χ2n) is 4.41. The number of aromatic nitrogens is 2. The molecule has 0 radical (unpaired) electrons. The quantitative estimate of drug-likeness (QED) is 0.644. The Balaban J connectivity index is 2.53. The van der Waals surface area contributed by atoms with Crippen molar-refractivity contribution < 1.29 is 4.74 Å². The summed E-state index contributed by atoms with van der Waals surface area (Å²) in [4.78, 5) is 8.50. The van der Waals surface area contributed by atoms with E-state index in [9.17, 15) is 0 Å². The molecule has 1 unspecified atom stereocenters. The summed E-state index contributed by atoms with van der Waals surface area (Å²) in [6.07, 6.45) is 3.23. The summed E-state index contributed by atoms with van der Waals surface area (Å²) in [6, 6.07) is 5.98. The Morgan fingerprint density at radius 2 is 1.95 bits per heavy atom. The third-order valence-corrected chi connectivity index (χ3v) is 3.07. The molecule has 0 fully saturated rings. The number of nitrogens with zero attached hydrogens (tertiary/aromatic N) is 2. The SMILES string of the molecule is COc1nccnc1C(NN)c1cc(C)ccc1C. The first-order valence-electron chi connectivity index (χ1n) is 6.05. The second kappa shape index (κ2) is 5.77. The molecule has 0 bridgehead atoms. The van der Waals surface area contributed by atoms with Gasteiger partial charge in [0.15, 0.2) is 0 Å². The molecule has 1 heterocycles. The van der Waals surface area contributed by atoms with Crippen LogP contribution in [0.3, 0.4) is 0 Å². The fraction of sp³-hybridized carbons (Fsp3) is 0.286. The highest BCUT2D eigenvalue weighted by Crippen LogP contribution is 2.28. The number of hydrogen-bond acceptors (Lipinski definition) is 5. The van der Waals surface area contributed by atoms with Crippen LogP contribution in [0, 0.1) is 13.8 Å². The molecule has 5 heteroatoms. The zero-order valence-electron chi connectivity index (χ0n) is 11.3. The van der Waals surface area contributed by atoms with Crippen LogP contribution in [0.25, 0.3) is 0 Å². The Morgan fingerprint density at radius 3 is 2.63 bits per heavy atom. The summed E-state index contributed by atoms with van der Waals surface area (Å²) in [5.74, 6) is 6.18. The fourth-order valence-corrected chi connectivity index (χ4v) is 2.08. The summed E-state index contributed by atoms with van der Waals surface area (Å²) in [5, 5.41) is 0. The van der Waals surface area contributed by atoms with Gasteiger partial charge in [0.2, 0.25) is 5.88 Å². The standard InChI is InChI=1S/C14H18N4O/c1-9-4-5-10(2)11(8-9)12(18-15)13-14(19-3)17-7-6-16-13/h4-8,12,18H,15H2,1-3H3. The number of nitrogens with two attached hydrogens (primary N) is 1. The van der Waals surface area contributed by atoms with Crippen molar-refractivity contribution in [3.05, 3.63) is 53.0 Å². The van der Waals surface area contributed by atoms with Gasteiger partial charge in [-0.25, -0.2) is 10.4 Å². The molecule has 0 amide bonds. The molecule has 0 aliphatic carbocycles. The Hall–Kier alpha value is -1.98. The van der Waals surface area contributed by atoms with Crippen molar-refractivity contribution >= 4 is 0 Å². The van der Waals surface area contributed by atoms with Crippen molar-refractivity contribution in [2.45, 2.75) is 19.9 Å². The maximum atomic E-state index is 5.71. The molecule has 2 rings (SSSR count). The molecule has 1 atom stereocenters. The van der Waals surface area contributed by atoms with E-state index >= 15 is 0 Å². The lowest BCUT2D eigenvalue weighted by Gasteiger charge is -2.19. The topological polar surface area (TPSA) is 73.1 Å². The van der Waals surface area contributed by atoms with Crippen LogP contribution in [-0.4, -0.2) is 17.1 Å². The van der Waals surface area contributed by atoms with Gasteiger partial charge in [0.05, 0.1) is 13.2 Å². The van der Waals surface area contributed by atoms with Gasteiger partial charge >= 0.3 is 0 Å². The van der Waals surface area contributed by atoms with Gasteiger partial charge in [0.1, 0.15) is 5.69 Å². The zero-order chi connectivity index (χ0) is 13.8. The maximum absolute atomic E-state index is 5.71. The minimum Gasteiger partial charge on any atom is -0.480 e. The lowest BCUT2D eigenvalue weighted by molar-refractivity contribution is 0.383. The van der Waals surface area contributed by atoms with Crippen LogP contribution in [0.2, 0.25) is 0 Å². The van der Waals surface area contributed by atoms with Gasteiger partial charge in [-0.2, -0.15) is 0 Å². The molecule has 0 saturated carbocycles. The van der Waals surface area contributed by atoms with E-state index in [4.69, 9.17) is 10.6 Å². The van der Waals surface area contributed by atoms with Crippen molar-refractivity contribution in [3.63, 3.8) is 0 Å². The van der Waals surface area contributed by atoms with E-state index in [-0.39, 0.29) is 6.04 Å². The molecule has 3 N–H and O–H groups in total. The van der Waals surface area contributed by atoms with Gasteiger partial charge in [-0.05, 0) is 25.0 Å². The monoisotopic (exact) mass is 258 g/mol. The molecule has 0 saturated heterocycles. The average molecular weight is 258 g/mol. The smallest absolute Gasteiger partial charge is 0.237 e. The van der Waals surface area contributed by atoms with Gasteiger partial charge in [-0.1, -0.05) is 23.8 Å². The average Bonchev–Trinajstić information content (AvgIpc) is 2.44. The van der Waals surface area contributed by atoms with Crippen molar-refractivity contribution in [1.82, 2.24) is 15.4 Å². The normalized spacial score (nSPS) is 12.2. The largest absolute Gasteiger partial charge is 0.480 e. The molecule has 2 aromatic rings. The van der Waals surface area contributed by atoms with E-state index in [1.165, 1.54) is 5.56 Å². The Morgan fingerprint density at radius 1 is 1.21 bits per heavy atom. The van der Waals surface area contributed by atoms with Gasteiger partial charge in [0.25, 0.3) is 0 Å². The van der Waals surface area contributed by atoms with E-state index in [0.717, 1.165) is 11.1 Å². The molecule has 0 aliphatic heterocycles. The Kier molecular flexibility index (Phi) is 4.09. The van der Waals surface area contributed by atoms with E-state index in [1.54, 1.807) is 19.5 Å². The van der Waals surface area contributed by atoms with Crippen molar-refractivity contribution in [2.24, 2.45) is 5.84 Å². The van der Waals surface area contributed by atoms with Crippen LogP contribution in [0.1, 0.15) is 28.4 Å².